The van der Waals surface area contributed by atoms with Crippen LogP contribution in [0.5, 0.6) is 0 Å². The summed E-state index contributed by atoms with van der Waals surface area (Å²) in [5.41, 5.74) is -3.34. The number of esters is 1. The van der Waals surface area contributed by atoms with Gasteiger partial charge in [-0.25, -0.2) is 23.3 Å². The normalized spacial score (nSPS) is 18.5. The van der Waals surface area contributed by atoms with Crippen molar-refractivity contribution >= 4 is 35.5 Å². The van der Waals surface area contributed by atoms with Crippen molar-refractivity contribution in [3.8, 4) is 5.69 Å². The predicted molar refractivity (Wildman–Crippen MR) is 123 cm³/mol. The number of carbonyl (C=O) groups excluding carboxylic acids is 1. The zero-order valence-electron chi connectivity index (χ0n) is 19.1. The van der Waals surface area contributed by atoms with Gasteiger partial charge in [0.15, 0.2) is 4.77 Å². The molecule has 1 aliphatic heterocycles. The van der Waals surface area contributed by atoms with Crippen LogP contribution < -0.4 is 11.4 Å². The Labute approximate surface area is 199 Å². The van der Waals surface area contributed by atoms with Gasteiger partial charge < -0.3 is 9.57 Å². The smallest absolute Gasteiger partial charge is 0.353 e. The van der Waals surface area contributed by atoms with Gasteiger partial charge in [-0.2, -0.15) is 0 Å². The van der Waals surface area contributed by atoms with Crippen LogP contribution >= 0.6 is 23.8 Å². The maximum Gasteiger partial charge on any atom is 0.353 e. The summed E-state index contributed by atoms with van der Waals surface area (Å²) in [5, 5.41) is 4.05. The molecule has 1 atom stereocenters. The molecule has 2 heterocycles. The Balaban J connectivity index is 2.07. The first-order valence-corrected chi connectivity index (χ1v) is 10.8. The molecule has 0 fully saturated rings. The predicted octanol–water partition coefficient (Wildman–Crippen LogP) is 3.01. The molecule has 0 N–H and O–H groups in total. The summed E-state index contributed by atoms with van der Waals surface area (Å²) in [6.07, 6.45) is 0.484. The summed E-state index contributed by atoms with van der Waals surface area (Å²) in [6.45, 7) is 6.81. The van der Waals surface area contributed by atoms with Crippen LogP contribution in [0.15, 0.2) is 26.9 Å². The van der Waals surface area contributed by atoms with E-state index < -0.39 is 34.4 Å². The van der Waals surface area contributed by atoms with Crippen LogP contribution in [0.2, 0.25) is 5.02 Å². The minimum Gasteiger partial charge on any atom is -0.457 e. The van der Waals surface area contributed by atoms with E-state index in [0.29, 0.717) is 10.3 Å². The van der Waals surface area contributed by atoms with E-state index in [1.807, 2.05) is 0 Å². The topological polar surface area (TPSA) is 96.8 Å². The first-order chi connectivity index (χ1) is 15.2. The third kappa shape index (κ3) is 4.65. The molecule has 0 saturated heterocycles. The lowest BCUT2D eigenvalue weighted by atomic mass is 9.94. The van der Waals surface area contributed by atoms with Gasteiger partial charge in [-0.1, -0.05) is 16.8 Å². The molecule has 1 aromatic heterocycles. The Morgan fingerprint density at radius 1 is 1.24 bits per heavy atom. The fourth-order valence-corrected chi connectivity index (χ4v) is 3.64. The molecule has 0 saturated carbocycles. The van der Waals surface area contributed by atoms with E-state index in [-0.39, 0.29) is 33.9 Å². The van der Waals surface area contributed by atoms with E-state index in [1.165, 1.54) is 20.2 Å². The number of halogens is 2. The van der Waals surface area contributed by atoms with Gasteiger partial charge in [-0.3, -0.25) is 9.13 Å². The monoisotopic (exact) mass is 498 g/mol. The average molecular weight is 499 g/mol. The second kappa shape index (κ2) is 8.53. The van der Waals surface area contributed by atoms with Crippen LogP contribution in [0.3, 0.4) is 0 Å². The van der Waals surface area contributed by atoms with Crippen LogP contribution in [0.25, 0.3) is 5.69 Å². The zero-order chi connectivity index (χ0) is 24.9. The van der Waals surface area contributed by atoms with Crippen LogP contribution in [0.4, 0.5) is 4.39 Å². The second-order valence-corrected chi connectivity index (χ2v) is 9.72. The Morgan fingerprint density at radius 3 is 2.30 bits per heavy atom. The van der Waals surface area contributed by atoms with E-state index in [1.54, 1.807) is 27.7 Å². The number of rotatable bonds is 3. The highest BCUT2D eigenvalue weighted by molar-refractivity contribution is 7.71. The maximum atomic E-state index is 14.8. The summed E-state index contributed by atoms with van der Waals surface area (Å²) < 4.78 is 23.0. The Hall–Kier alpha value is -2.79. The molecule has 3 rings (SSSR count). The van der Waals surface area contributed by atoms with E-state index in [9.17, 15) is 18.8 Å². The summed E-state index contributed by atoms with van der Waals surface area (Å²) in [7, 11) is 2.76. The number of carbonyl (C=O) groups is 1. The lowest BCUT2D eigenvalue weighted by molar-refractivity contribution is -0.183. The van der Waals surface area contributed by atoms with Gasteiger partial charge in [0.2, 0.25) is 5.60 Å². The molecule has 12 heteroatoms. The highest BCUT2D eigenvalue weighted by atomic mass is 35.5. The SMILES string of the molecule is Cn1c(=S)n(C)c(=O)n(-c2cc(C3=NOC(C)(C(=O)OC(C)(C)C)CC3)c(Cl)cc2F)c1=O. The molecule has 0 spiro atoms. The molecular weight excluding hydrogens is 475 g/mol. The minimum absolute atomic E-state index is 0.00797. The van der Waals surface area contributed by atoms with Crippen LogP contribution in [0, 0.1) is 10.6 Å². The molecule has 1 unspecified atom stereocenters. The van der Waals surface area contributed by atoms with Gasteiger partial charge in [0.05, 0.1) is 16.4 Å². The van der Waals surface area contributed by atoms with Gasteiger partial charge in [0.25, 0.3) is 0 Å². The molecule has 9 nitrogen and oxygen atoms in total. The van der Waals surface area contributed by atoms with Gasteiger partial charge in [-0.05, 0) is 58.5 Å². The van der Waals surface area contributed by atoms with Crippen LogP contribution in [-0.4, -0.2) is 36.6 Å². The quantitative estimate of drug-likeness (QED) is 0.476. The largest absolute Gasteiger partial charge is 0.457 e. The van der Waals surface area contributed by atoms with Gasteiger partial charge >= 0.3 is 17.3 Å². The zero-order valence-corrected chi connectivity index (χ0v) is 20.6. The molecule has 178 valence electrons. The molecule has 1 aromatic carbocycles. The number of hydrogen-bond donors (Lipinski definition) is 0. The van der Waals surface area contributed by atoms with Crippen LogP contribution in [0.1, 0.15) is 46.1 Å². The van der Waals surface area contributed by atoms with Crippen LogP contribution in [-0.2, 0) is 28.5 Å². The number of benzene rings is 1. The van der Waals surface area contributed by atoms with Crippen molar-refractivity contribution in [3.63, 3.8) is 0 Å². The summed E-state index contributed by atoms with van der Waals surface area (Å²) in [4.78, 5) is 43.4. The van der Waals surface area contributed by atoms with Crippen molar-refractivity contribution in [2.75, 3.05) is 0 Å². The minimum atomic E-state index is -1.30. The molecule has 0 amide bonds. The molecule has 33 heavy (non-hydrogen) atoms. The highest BCUT2D eigenvalue weighted by Crippen LogP contribution is 2.31. The fourth-order valence-electron chi connectivity index (χ4n) is 3.22. The first-order valence-electron chi connectivity index (χ1n) is 10.0. The standard InChI is InChI=1S/C21H24ClFN4O5S/c1-20(2,3)31-16(28)21(4)8-7-14(24-32-21)11-9-15(13(23)10-12(11)22)27-17(29)25(5)19(33)26(6)18(27)30/h9-10H,7-8H2,1-6H3. The van der Waals surface area contributed by atoms with Crippen molar-refractivity contribution in [1.29, 1.82) is 0 Å². The molecule has 0 aliphatic carbocycles. The van der Waals surface area contributed by atoms with Crippen molar-refractivity contribution in [3.05, 3.63) is 54.3 Å². The van der Waals surface area contributed by atoms with E-state index >= 15 is 0 Å². The van der Waals surface area contributed by atoms with Crippen molar-refractivity contribution in [2.24, 2.45) is 19.3 Å². The maximum absolute atomic E-state index is 14.8. The van der Waals surface area contributed by atoms with E-state index in [4.69, 9.17) is 33.4 Å². The molecule has 2 aromatic rings. The highest BCUT2D eigenvalue weighted by Gasteiger charge is 2.42. The number of ether oxygens (including phenoxy) is 1. The van der Waals surface area contributed by atoms with Gasteiger partial charge in [-0.15, -0.1) is 0 Å². The molecular formula is C21H24ClFN4O5S. The Bertz CT molecular complexity index is 1310. The summed E-state index contributed by atoms with van der Waals surface area (Å²) >= 11 is 11.3. The molecule has 1 aliphatic rings. The van der Waals surface area contributed by atoms with E-state index in [0.717, 1.165) is 15.2 Å². The van der Waals surface area contributed by atoms with Crippen molar-refractivity contribution < 1.29 is 18.8 Å². The lowest BCUT2D eigenvalue weighted by Crippen LogP contribution is -2.44. The summed E-state index contributed by atoms with van der Waals surface area (Å²) in [5.74, 6) is -1.44. The van der Waals surface area contributed by atoms with Gasteiger partial charge in [0, 0.05) is 26.1 Å². The van der Waals surface area contributed by atoms with Crippen molar-refractivity contribution in [1.82, 2.24) is 13.7 Å². The van der Waals surface area contributed by atoms with E-state index in [2.05, 4.69) is 5.16 Å². The third-order valence-electron chi connectivity index (χ3n) is 5.15. The number of aromatic nitrogens is 3. The first kappa shape index (κ1) is 24.8. The third-order valence-corrected chi connectivity index (χ3v) is 6.01. The molecule has 0 bridgehead atoms. The van der Waals surface area contributed by atoms with Crippen molar-refractivity contribution in [2.45, 2.75) is 51.7 Å². The second-order valence-electron chi connectivity index (χ2n) is 8.95. The van der Waals surface area contributed by atoms with Gasteiger partial charge in [0.1, 0.15) is 11.4 Å². The fraction of sp³-hybridized carbons (Fsp3) is 0.476. The number of nitrogens with zero attached hydrogens (tertiary/aromatic N) is 4. The average Bonchev–Trinajstić information content (AvgIpc) is 2.72. The number of hydrogen-bond acceptors (Lipinski definition) is 7. The Morgan fingerprint density at radius 2 is 1.82 bits per heavy atom. The Kier molecular flexibility index (Phi) is 6.42. The summed E-state index contributed by atoms with van der Waals surface area (Å²) in [6, 6.07) is 2.24. The lowest BCUT2D eigenvalue weighted by Gasteiger charge is -2.32. The number of oxime groups is 1. The molecule has 0 radical (unpaired) electrons.